The number of rotatable bonds is 4. The van der Waals surface area contributed by atoms with Crippen LogP contribution < -0.4 is 0 Å². The molecule has 0 aliphatic carbocycles. The first-order chi connectivity index (χ1) is 14.3. The van der Waals surface area contributed by atoms with Crippen molar-refractivity contribution in [2.75, 3.05) is 13.1 Å². The van der Waals surface area contributed by atoms with Crippen molar-refractivity contribution in [1.82, 2.24) is 28.8 Å². The summed E-state index contributed by atoms with van der Waals surface area (Å²) in [6, 6.07) is 12.2. The Morgan fingerprint density at radius 2 is 1.97 bits per heavy atom. The Hall–Kier alpha value is -3.48. The Labute approximate surface area is 168 Å². The Balaban J connectivity index is 1.34. The number of piperidine rings is 1. The number of nitrogens with zero attached hydrogens (tertiary/aromatic N) is 6. The van der Waals surface area contributed by atoms with Crippen molar-refractivity contribution in [1.29, 1.82) is 0 Å². The van der Waals surface area contributed by atoms with Crippen LogP contribution >= 0.6 is 0 Å². The maximum Gasteiger partial charge on any atom is 0.274 e. The van der Waals surface area contributed by atoms with Gasteiger partial charge < -0.3 is 9.47 Å². The molecule has 5 rings (SSSR count). The van der Waals surface area contributed by atoms with E-state index in [2.05, 4.69) is 43.8 Å². The van der Waals surface area contributed by atoms with Gasteiger partial charge in [-0.05, 0) is 24.5 Å². The molecule has 1 saturated heterocycles. The van der Waals surface area contributed by atoms with Gasteiger partial charge in [-0.1, -0.05) is 30.3 Å². The standard InChI is InChI=1S/C22H22N6O/c29-21(19-16-28-12-5-9-24-22(28)25-19)27-11-4-8-18(15-27)20-23-10-13-26(20)14-17-6-2-1-3-7-17/h1-3,5-7,9-10,12-13,16,18H,4,8,11,14-15H2. The van der Waals surface area contributed by atoms with Crippen LogP contribution in [0.25, 0.3) is 5.78 Å². The second-order valence-electron chi connectivity index (χ2n) is 7.44. The van der Waals surface area contributed by atoms with Gasteiger partial charge in [0.15, 0.2) is 0 Å². The highest BCUT2D eigenvalue weighted by atomic mass is 16.2. The summed E-state index contributed by atoms with van der Waals surface area (Å²) in [5, 5.41) is 0. The number of hydrogen-bond donors (Lipinski definition) is 0. The summed E-state index contributed by atoms with van der Waals surface area (Å²) in [5.74, 6) is 1.77. The van der Waals surface area contributed by atoms with Crippen molar-refractivity contribution in [3.63, 3.8) is 0 Å². The third-order valence-electron chi connectivity index (χ3n) is 5.47. The van der Waals surface area contributed by atoms with Crippen LogP contribution in [0.4, 0.5) is 0 Å². The molecule has 29 heavy (non-hydrogen) atoms. The number of amides is 1. The van der Waals surface area contributed by atoms with E-state index in [0.717, 1.165) is 31.8 Å². The molecule has 0 spiro atoms. The predicted octanol–water partition coefficient (Wildman–Crippen LogP) is 2.99. The van der Waals surface area contributed by atoms with Gasteiger partial charge in [-0.15, -0.1) is 0 Å². The lowest BCUT2D eigenvalue weighted by atomic mass is 9.96. The molecule has 0 bridgehead atoms. The number of carbonyl (C=O) groups is 1. The molecule has 1 amide bonds. The van der Waals surface area contributed by atoms with E-state index >= 15 is 0 Å². The van der Waals surface area contributed by atoms with E-state index < -0.39 is 0 Å². The highest BCUT2D eigenvalue weighted by Crippen LogP contribution is 2.27. The fraction of sp³-hybridized carbons (Fsp3) is 0.273. The lowest BCUT2D eigenvalue weighted by Gasteiger charge is -2.32. The summed E-state index contributed by atoms with van der Waals surface area (Å²) in [6.07, 6.45) is 11.2. The maximum absolute atomic E-state index is 13.1. The number of benzene rings is 1. The normalized spacial score (nSPS) is 17.0. The first kappa shape index (κ1) is 17.6. The topological polar surface area (TPSA) is 68.3 Å². The van der Waals surface area contributed by atoms with Crippen molar-refractivity contribution in [2.45, 2.75) is 25.3 Å². The van der Waals surface area contributed by atoms with Gasteiger partial charge in [0.1, 0.15) is 11.5 Å². The van der Waals surface area contributed by atoms with E-state index in [4.69, 9.17) is 0 Å². The van der Waals surface area contributed by atoms with Crippen LogP contribution in [0.3, 0.4) is 0 Å². The van der Waals surface area contributed by atoms with Gasteiger partial charge in [-0.25, -0.2) is 15.0 Å². The Morgan fingerprint density at radius 1 is 1.07 bits per heavy atom. The minimum Gasteiger partial charge on any atom is -0.337 e. The lowest BCUT2D eigenvalue weighted by molar-refractivity contribution is 0.0698. The van der Waals surface area contributed by atoms with Crippen molar-refractivity contribution < 1.29 is 4.79 Å². The first-order valence-corrected chi connectivity index (χ1v) is 9.92. The maximum atomic E-state index is 13.1. The van der Waals surface area contributed by atoms with Crippen LogP contribution in [0.1, 0.15) is 40.6 Å². The molecular weight excluding hydrogens is 364 g/mol. The molecule has 1 aromatic carbocycles. The highest BCUT2D eigenvalue weighted by molar-refractivity contribution is 5.92. The van der Waals surface area contributed by atoms with Gasteiger partial charge in [-0.2, -0.15) is 0 Å². The summed E-state index contributed by atoms with van der Waals surface area (Å²) >= 11 is 0. The molecule has 0 saturated carbocycles. The van der Waals surface area contributed by atoms with E-state index in [-0.39, 0.29) is 11.8 Å². The highest BCUT2D eigenvalue weighted by Gasteiger charge is 2.29. The molecule has 1 atom stereocenters. The quantitative estimate of drug-likeness (QED) is 0.541. The fourth-order valence-electron chi connectivity index (χ4n) is 4.06. The molecule has 146 valence electrons. The van der Waals surface area contributed by atoms with Crippen LogP contribution in [-0.2, 0) is 6.54 Å². The zero-order valence-corrected chi connectivity index (χ0v) is 16.1. The fourth-order valence-corrected chi connectivity index (χ4v) is 4.06. The molecule has 3 aromatic heterocycles. The summed E-state index contributed by atoms with van der Waals surface area (Å²) in [6.45, 7) is 2.20. The van der Waals surface area contributed by atoms with Crippen molar-refractivity contribution in [2.24, 2.45) is 0 Å². The van der Waals surface area contributed by atoms with Gasteiger partial charge in [0.05, 0.1) is 0 Å². The van der Waals surface area contributed by atoms with E-state index in [1.165, 1.54) is 5.56 Å². The molecule has 4 aromatic rings. The Kier molecular flexibility index (Phi) is 4.56. The van der Waals surface area contributed by atoms with Crippen LogP contribution in [0.5, 0.6) is 0 Å². The number of fused-ring (bicyclic) bond motifs is 1. The zero-order valence-electron chi connectivity index (χ0n) is 16.1. The Bertz CT molecular complexity index is 1100. The molecule has 0 radical (unpaired) electrons. The average Bonchev–Trinajstić information content (AvgIpc) is 3.41. The number of carbonyl (C=O) groups excluding carboxylic acids is 1. The molecule has 1 aliphatic rings. The summed E-state index contributed by atoms with van der Waals surface area (Å²) < 4.78 is 3.98. The molecule has 0 N–H and O–H groups in total. The molecule has 7 heteroatoms. The van der Waals surface area contributed by atoms with Gasteiger partial charge in [0, 0.05) is 56.5 Å². The second-order valence-corrected chi connectivity index (χ2v) is 7.44. The number of imidazole rings is 2. The van der Waals surface area contributed by atoms with Crippen molar-refractivity contribution in [3.8, 4) is 0 Å². The van der Waals surface area contributed by atoms with E-state index in [0.29, 0.717) is 18.0 Å². The first-order valence-electron chi connectivity index (χ1n) is 9.92. The lowest BCUT2D eigenvalue weighted by Crippen LogP contribution is -2.40. The summed E-state index contributed by atoms with van der Waals surface area (Å²) in [5.41, 5.74) is 1.68. The number of likely N-dealkylation sites (tertiary alicyclic amines) is 1. The van der Waals surface area contributed by atoms with Crippen LogP contribution in [0.2, 0.25) is 0 Å². The number of hydrogen-bond acceptors (Lipinski definition) is 4. The Morgan fingerprint density at radius 3 is 2.83 bits per heavy atom. The monoisotopic (exact) mass is 386 g/mol. The third kappa shape index (κ3) is 3.51. The predicted molar refractivity (Wildman–Crippen MR) is 109 cm³/mol. The smallest absolute Gasteiger partial charge is 0.274 e. The van der Waals surface area contributed by atoms with Crippen LogP contribution in [-0.4, -0.2) is 47.8 Å². The average molecular weight is 386 g/mol. The molecule has 1 unspecified atom stereocenters. The molecule has 7 nitrogen and oxygen atoms in total. The van der Waals surface area contributed by atoms with Crippen LogP contribution in [0, 0.1) is 0 Å². The largest absolute Gasteiger partial charge is 0.337 e. The minimum atomic E-state index is -0.0404. The van der Waals surface area contributed by atoms with Crippen molar-refractivity contribution >= 4 is 11.7 Å². The van der Waals surface area contributed by atoms with Gasteiger partial charge in [0.2, 0.25) is 5.78 Å². The van der Waals surface area contributed by atoms with Crippen LogP contribution in [0.15, 0.2) is 67.4 Å². The molecule has 1 aliphatic heterocycles. The molecule has 1 fully saturated rings. The van der Waals surface area contributed by atoms with E-state index in [9.17, 15) is 4.79 Å². The van der Waals surface area contributed by atoms with Gasteiger partial charge >= 0.3 is 0 Å². The van der Waals surface area contributed by atoms with Gasteiger partial charge in [-0.3, -0.25) is 9.20 Å². The zero-order chi connectivity index (χ0) is 19.6. The number of aromatic nitrogens is 5. The third-order valence-corrected chi connectivity index (χ3v) is 5.47. The summed E-state index contributed by atoms with van der Waals surface area (Å²) in [4.78, 5) is 28.2. The second kappa shape index (κ2) is 7.50. The molecule has 4 heterocycles. The SMILES string of the molecule is O=C(c1cn2cccnc2n1)N1CCCC(c2nccn2Cc2ccccc2)C1. The van der Waals surface area contributed by atoms with E-state index in [1.807, 2.05) is 35.6 Å². The summed E-state index contributed by atoms with van der Waals surface area (Å²) in [7, 11) is 0. The molecular formula is C22H22N6O. The van der Waals surface area contributed by atoms with E-state index in [1.54, 1.807) is 16.8 Å². The minimum absolute atomic E-state index is 0.0404. The van der Waals surface area contributed by atoms with Gasteiger partial charge in [0.25, 0.3) is 5.91 Å². The van der Waals surface area contributed by atoms with Crippen molar-refractivity contribution in [3.05, 3.63) is 84.5 Å².